The van der Waals surface area contributed by atoms with Crippen molar-refractivity contribution in [2.75, 3.05) is 6.54 Å². The van der Waals surface area contributed by atoms with Gasteiger partial charge in [-0.15, -0.1) is 0 Å². The highest BCUT2D eigenvalue weighted by atomic mass is 19.1. The molecule has 0 saturated heterocycles. The maximum absolute atomic E-state index is 14.0. The molecule has 0 radical (unpaired) electrons. The largest absolute Gasteiger partial charge is 0.331 e. The second-order valence-electron chi connectivity index (χ2n) is 6.01. The first kappa shape index (κ1) is 14.0. The summed E-state index contributed by atoms with van der Waals surface area (Å²) in [6, 6.07) is 7.89. The number of fused-ring (bicyclic) bond motifs is 1. The van der Waals surface area contributed by atoms with E-state index < -0.39 is 6.17 Å². The lowest BCUT2D eigenvalue weighted by atomic mass is 10.1. The number of aryl methyl sites for hydroxylation is 1. The second-order valence-corrected chi connectivity index (χ2v) is 6.01. The fourth-order valence-corrected chi connectivity index (χ4v) is 2.07. The number of nitrogens with zero attached hydrogens (tertiary/aromatic N) is 2. The van der Waals surface area contributed by atoms with Crippen molar-refractivity contribution in [1.29, 1.82) is 0 Å². The van der Waals surface area contributed by atoms with E-state index in [9.17, 15) is 4.39 Å². The number of hydrogen-bond acceptors (Lipinski definition) is 2. The quantitative estimate of drug-likeness (QED) is 0.919. The summed E-state index contributed by atoms with van der Waals surface area (Å²) >= 11 is 0. The molecule has 0 spiro atoms. The van der Waals surface area contributed by atoms with E-state index >= 15 is 0 Å². The first-order valence-corrected chi connectivity index (χ1v) is 6.66. The predicted molar refractivity (Wildman–Crippen MR) is 77.1 cm³/mol. The summed E-state index contributed by atoms with van der Waals surface area (Å²) in [7, 11) is 1.94. The predicted octanol–water partition coefficient (Wildman–Crippen LogP) is 2.84. The third kappa shape index (κ3) is 3.53. The molecule has 19 heavy (non-hydrogen) atoms. The lowest BCUT2D eigenvalue weighted by Crippen LogP contribution is -2.40. The lowest BCUT2D eigenvalue weighted by molar-refractivity contribution is 0.280. The Kier molecular flexibility index (Phi) is 3.90. The van der Waals surface area contributed by atoms with Crippen molar-refractivity contribution < 1.29 is 4.39 Å². The van der Waals surface area contributed by atoms with E-state index in [2.05, 4.69) is 10.3 Å². The molecular formula is C15H22FN3. The third-order valence-corrected chi connectivity index (χ3v) is 3.14. The van der Waals surface area contributed by atoms with Gasteiger partial charge in [0.25, 0.3) is 0 Å². The molecule has 104 valence electrons. The van der Waals surface area contributed by atoms with Gasteiger partial charge in [-0.2, -0.15) is 0 Å². The van der Waals surface area contributed by atoms with Gasteiger partial charge in [0.05, 0.1) is 11.0 Å². The Morgan fingerprint density at radius 2 is 2.00 bits per heavy atom. The maximum Gasteiger partial charge on any atom is 0.120 e. The SMILES string of the molecule is Cn1c(CC(F)CNC(C)(C)C)nc2ccccc21. The van der Waals surface area contributed by atoms with E-state index in [0.717, 1.165) is 16.9 Å². The first-order chi connectivity index (χ1) is 8.87. The van der Waals surface area contributed by atoms with Crippen LogP contribution in [0.25, 0.3) is 11.0 Å². The number of para-hydroxylation sites is 2. The Labute approximate surface area is 113 Å². The van der Waals surface area contributed by atoms with Gasteiger partial charge in [0, 0.05) is 25.6 Å². The van der Waals surface area contributed by atoms with Crippen molar-refractivity contribution in [3.05, 3.63) is 30.1 Å². The van der Waals surface area contributed by atoms with E-state index in [-0.39, 0.29) is 5.54 Å². The molecule has 1 aromatic carbocycles. The number of nitrogens with one attached hydrogen (secondary N) is 1. The van der Waals surface area contributed by atoms with E-state index in [1.54, 1.807) is 0 Å². The molecular weight excluding hydrogens is 241 g/mol. The molecule has 2 aromatic rings. The Morgan fingerprint density at radius 3 is 2.63 bits per heavy atom. The summed E-state index contributed by atoms with van der Waals surface area (Å²) < 4.78 is 16.0. The number of aromatic nitrogens is 2. The van der Waals surface area contributed by atoms with Crippen LogP contribution in [0.2, 0.25) is 0 Å². The molecule has 4 heteroatoms. The molecule has 1 heterocycles. The smallest absolute Gasteiger partial charge is 0.120 e. The van der Waals surface area contributed by atoms with Gasteiger partial charge in [-0.25, -0.2) is 9.37 Å². The van der Waals surface area contributed by atoms with Gasteiger partial charge in [0.2, 0.25) is 0 Å². The average molecular weight is 263 g/mol. The van der Waals surface area contributed by atoms with Crippen molar-refractivity contribution in [2.24, 2.45) is 7.05 Å². The van der Waals surface area contributed by atoms with Crippen LogP contribution in [0.15, 0.2) is 24.3 Å². The molecule has 1 N–H and O–H groups in total. The monoisotopic (exact) mass is 263 g/mol. The summed E-state index contributed by atoms with van der Waals surface area (Å²) in [5, 5.41) is 3.18. The van der Waals surface area contributed by atoms with Gasteiger partial charge in [-0.1, -0.05) is 12.1 Å². The zero-order valence-corrected chi connectivity index (χ0v) is 12.1. The van der Waals surface area contributed by atoms with Gasteiger partial charge in [-0.05, 0) is 32.9 Å². The topological polar surface area (TPSA) is 29.9 Å². The molecule has 1 atom stereocenters. The van der Waals surface area contributed by atoms with Crippen LogP contribution in [0.3, 0.4) is 0 Å². The molecule has 1 aromatic heterocycles. The lowest BCUT2D eigenvalue weighted by Gasteiger charge is -2.21. The van der Waals surface area contributed by atoms with E-state index in [0.29, 0.717) is 13.0 Å². The molecule has 0 bridgehead atoms. The standard InChI is InChI=1S/C15H22FN3/c1-15(2,3)17-10-11(16)9-14-18-12-7-5-6-8-13(12)19(14)4/h5-8,11,17H,9-10H2,1-4H3. The highest BCUT2D eigenvalue weighted by Crippen LogP contribution is 2.16. The first-order valence-electron chi connectivity index (χ1n) is 6.66. The van der Waals surface area contributed by atoms with Crippen LogP contribution >= 0.6 is 0 Å². The maximum atomic E-state index is 14.0. The van der Waals surface area contributed by atoms with Crippen molar-refractivity contribution in [1.82, 2.24) is 14.9 Å². The number of halogens is 1. The van der Waals surface area contributed by atoms with Gasteiger partial charge in [0.15, 0.2) is 0 Å². The van der Waals surface area contributed by atoms with Crippen LogP contribution in [-0.4, -0.2) is 27.8 Å². The zero-order chi connectivity index (χ0) is 14.0. The minimum absolute atomic E-state index is 0.0588. The van der Waals surface area contributed by atoms with Crippen LogP contribution in [0.4, 0.5) is 4.39 Å². The van der Waals surface area contributed by atoms with Crippen LogP contribution in [0, 0.1) is 0 Å². The number of imidazole rings is 1. The number of alkyl halides is 1. The summed E-state index contributed by atoms with van der Waals surface area (Å²) in [6.07, 6.45) is -0.580. The summed E-state index contributed by atoms with van der Waals surface area (Å²) in [5.41, 5.74) is 1.92. The van der Waals surface area contributed by atoms with Crippen LogP contribution in [-0.2, 0) is 13.5 Å². The molecule has 0 aliphatic carbocycles. The zero-order valence-electron chi connectivity index (χ0n) is 12.1. The molecule has 0 saturated carbocycles. The Hall–Kier alpha value is -1.42. The normalized spacial score (nSPS) is 13.9. The average Bonchev–Trinajstić information content (AvgIpc) is 2.64. The molecule has 0 aliphatic rings. The van der Waals surface area contributed by atoms with Crippen LogP contribution in [0.5, 0.6) is 0 Å². The summed E-state index contributed by atoms with van der Waals surface area (Å²) in [5.74, 6) is 0.796. The molecule has 2 rings (SSSR count). The number of benzene rings is 1. The Balaban J connectivity index is 2.07. The van der Waals surface area contributed by atoms with Gasteiger partial charge in [0.1, 0.15) is 12.0 Å². The molecule has 3 nitrogen and oxygen atoms in total. The third-order valence-electron chi connectivity index (χ3n) is 3.14. The summed E-state index contributed by atoms with van der Waals surface area (Å²) in [4.78, 5) is 4.49. The highest BCUT2D eigenvalue weighted by Gasteiger charge is 2.16. The van der Waals surface area contributed by atoms with Crippen molar-refractivity contribution in [2.45, 2.75) is 38.9 Å². The van der Waals surface area contributed by atoms with Gasteiger partial charge >= 0.3 is 0 Å². The fraction of sp³-hybridized carbons (Fsp3) is 0.533. The molecule has 0 amide bonds. The van der Waals surface area contributed by atoms with E-state index in [1.165, 1.54) is 0 Å². The van der Waals surface area contributed by atoms with Crippen molar-refractivity contribution in [3.63, 3.8) is 0 Å². The molecule has 0 aliphatic heterocycles. The van der Waals surface area contributed by atoms with Gasteiger partial charge in [-0.3, -0.25) is 0 Å². The molecule has 1 unspecified atom stereocenters. The Morgan fingerprint density at radius 1 is 1.32 bits per heavy atom. The summed E-state index contributed by atoms with van der Waals surface area (Å²) in [6.45, 7) is 6.46. The van der Waals surface area contributed by atoms with E-state index in [4.69, 9.17) is 0 Å². The molecule has 0 fully saturated rings. The van der Waals surface area contributed by atoms with Crippen LogP contribution in [0.1, 0.15) is 26.6 Å². The second kappa shape index (κ2) is 5.29. The minimum Gasteiger partial charge on any atom is -0.331 e. The number of hydrogen-bond donors (Lipinski definition) is 1. The van der Waals surface area contributed by atoms with Crippen molar-refractivity contribution in [3.8, 4) is 0 Å². The Bertz CT molecular complexity index is 554. The number of rotatable bonds is 4. The van der Waals surface area contributed by atoms with Gasteiger partial charge < -0.3 is 9.88 Å². The van der Waals surface area contributed by atoms with Crippen molar-refractivity contribution >= 4 is 11.0 Å². The minimum atomic E-state index is -0.922. The highest BCUT2D eigenvalue weighted by molar-refractivity contribution is 5.75. The van der Waals surface area contributed by atoms with E-state index in [1.807, 2.05) is 56.7 Å². The van der Waals surface area contributed by atoms with Crippen LogP contribution < -0.4 is 5.32 Å². The fourth-order valence-electron chi connectivity index (χ4n) is 2.07.